The fraction of sp³-hybridized carbons (Fsp3) is 1.00. The van der Waals surface area contributed by atoms with Gasteiger partial charge in [-0.25, -0.2) is 0 Å². The standard InChI is InChI=1S/C5H8N4O8/c1-3(7(12)13)5(9(16)17)4(8(14)15)2-6(10)11/h3-5H,2H2,1H3. The van der Waals surface area contributed by atoms with Crippen molar-refractivity contribution in [1.29, 1.82) is 0 Å². The van der Waals surface area contributed by atoms with Gasteiger partial charge in [0.15, 0.2) is 0 Å². The molecule has 0 saturated carbocycles. The summed E-state index contributed by atoms with van der Waals surface area (Å²) in [5.74, 6) is 0. The first-order valence-electron chi connectivity index (χ1n) is 4.20. The molecular weight excluding hydrogens is 244 g/mol. The summed E-state index contributed by atoms with van der Waals surface area (Å²) in [6, 6.07) is -6.37. The van der Waals surface area contributed by atoms with E-state index >= 15 is 0 Å². The highest BCUT2D eigenvalue weighted by Crippen LogP contribution is 2.10. The number of nitro groups is 4. The average Bonchev–Trinajstić information content (AvgIpc) is 2.14. The Bertz CT molecular complexity index is 356. The summed E-state index contributed by atoms with van der Waals surface area (Å²) in [5.41, 5.74) is 0. The Hall–Kier alpha value is -2.40. The third-order valence-corrected chi connectivity index (χ3v) is 2.07. The van der Waals surface area contributed by atoms with Crippen LogP contribution in [0.4, 0.5) is 0 Å². The van der Waals surface area contributed by atoms with Crippen molar-refractivity contribution in [3.63, 3.8) is 0 Å². The molecule has 0 aromatic carbocycles. The third-order valence-electron chi connectivity index (χ3n) is 2.07. The van der Waals surface area contributed by atoms with Gasteiger partial charge in [0.25, 0.3) is 12.6 Å². The normalized spacial score (nSPS) is 15.6. The summed E-state index contributed by atoms with van der Waals surface area (Å²) in [7, 11) is 0. The van der Waals surface area contributed by atoms with Crippen molar-refractivity contribution < 1.29 is 19.7 Å². The number of nitrogens with zero attached hydrogens (tertiary/aromatic N) is 4. The highest BCUT2D eigenvalue weighted by Gasteiger charge is 2.53. The van der Waals surface area contributed by atoms with Gasteiger partial charge in [-0.15, -0.1) is 0 Å². The van der Waals surface area contributed by atoms with Crippen molar-refractivity contribution in [2.24, 2.45) is 0 Å². The van der Waals surface area contributed by atoms with Gasteiger partial charge < -0.3 is 0 Å². The Labute approximate surface area is 92.8 Å². The molecule has 0 aromatic rings. The number of rotatable bonds is 7. The van der Waals surface area contributed by atoms with E-state index in [0.29, 0.717) is 0 Å². The smallest absolute Gasteiger partial charge is 0.264 e. The van der Waals surface area contributed by atoms with Crippen LogP contribution in [-0.2, 0) is 0 Å². The molecule has 0 spiro atoms. The van der Waals surface area contributed by atoms with Crippen LogP contribution in [0.3, 0.4) is 0 Å². The predicted octanol–water partition coefficient (Wildman–Crippen LogP) is -0.781. The largest absolute Gasteiger partial charge is 0.350 e. The second kappa shape index (κ2) is 5.62. The lowest BCUT2D eigenvalue weighted by atomic mass is 10.0. The van der Waals surface area contributed by atoms with E-state index < -0.39 is 44.4 Å². The topological polar surface area (TPSA) is 173 Å². The Morgan fingerprint density at radius 1 is 0.882 bits per heavy atom. The fourth-order valence-electron chi connectivity index (χ4n) is 1.21. The summed E-state index contributed by atoms with van der Waals surface area (Å²) >= 11 is 0. The van der Waals surface area contributed by atoms with Gasteiger partial charge in [0.1, 0.15) is 0 Å². The third kappa shape index (κ3) is 3.92. The molecule has 0 aliphatic rings. The average molecular weight is 252 g/mol. The lowest BCUT2D eigenvalue weighted by molar-refractivity contribution is -0.682. The van der Waals surface area contributed by atoms with Gasteiger partial charge >= 0.3 is 12.1 Å². The van der Waals surface area contributed by atoms with Gasteiger partial charge in [-0.3, -0.25) is 40.5 Å². The molecule has 3 unspecified atom stereocenters. The lowest BCUT2D eigenvalue weighted by Gasteiger charge is -2.12. The number of hydrogen-bond acceptors (Lipinski definition) is 8. The summed E-state index contributed by atoms with van der Waals surface area (Å²) in [5, 5.41) is 41.5. The summed E-state index contributed by atoms with van der Waals surface area (Å²) < 4.78 is 0. The Kier molecular flexibility index (Phi) is 4.83. The zero-order chi connectivity index (χ0) is 13.7. The first-order chi connectivity index (χ1) is 7.68. The van der Waals surface area contributed by atoms with E-state index in [9.17, 15) is 40.5 Å². The fourth-order valence-corrected chi connectivity index (χ4v) is 1.21. The lowest BCUT2D eigenvalue weighted by Crippen LogP contribution is -2.52. The van der Waals surface area contributed by atoms with Crippen LogP contribution < -0.4 is 0 Å². The van der Waals surface area contributed by atoms with Crippen molar-refractivity contribution in [3.8, 4) is 0 Å². The van der Waals surface area contributed by atoms with Gasteiger partial charge in [0.2, 0.25) is 0 Å². The van der Waals surface area contributed by atoms with Gasteiger partial charge in [-0.05, 0) is 0 Å². The zero-order valence-electron chi connectivity index (χ0n) is 8.49. The first kappa shape index (κ1) is 14.6. The van der Waals surface area contributed by atoms with Crippen LogP contribution in [0.5, 0.6) is 0 Å². The minimum Gasteiger partial charge on any atom is -0.264 e. The summed E-state index contributed by atoms with van der Waals surface area (Å²) in [6.45, 7) is -0.541. The zero-order valence-corrected chi connectivity index (χ0v) is 8.49. The van der Waals surface area contributed by atoms with Crippen molar-refractivity contribution >= 4 is 0 Å². The maximum Gasteiger partial charge on any atom is 0.350 e. The molecule has 0 amide bonds. The van der Waals surface area contributed by atoms with Crippen LogP contribution in [0, 0.1) is 40.5 Å². The van der Waals surface area contributed by atoms with E-state index in [2.05, 4.69) is 0 Å². The molecule has 3 atom stereocenters. The predicted molar refractivity (Wildman–Crippen MR) is 49.9 cm³/mol. The molecule has 12 heteroatoms. The minimum atomic E-state index is -2.24. The molecule has 96 valence electrons. The molecule has 0 aromatic heterocycles. The molecule has 0 saturated heterocycles. The molecule has 17 heavy (non-hydrogen) atoms. The van der Waals surface area contributed by atoms with E-state index in [0.717, 1.165) is 6.92 Å². The van der Waals surface area contributed by atoms with Gasteiger partial charge in [-0.2, -0.15) is 0 Å². The molecule has 12 nitrogen and oxygen atoms in total. The van der Waals surface area contributed by atoms with E-state index in [-0.39, 0.29) is 0 Å². The van der Waals surface area contributed by atoms with Crippen LogP contribution >= 0.6 is 0 Å². The molecule has 0 aliphatic carbocycles. The van der Waals surface area contributed by atoms with Crippen LogP contribution in [0.1, 0.15) is 6.92 Å². The van der Waals surface area contributed by atoms with Gasteiger partial charge in [0.05, 0.1) is 0 Å². The Morgan fingerprint density at radius 2 is 1.35 bits per heavy atom. The van der Waals surface area contributed by atoms with Crippen LogP contribution in [0.25, 0.3) is 0 Å². The first-order valence-corrected chi connectivity index (χ1v) is 4.20. The number of hydrogen-bond donors (Lipinski definition) is 0. The van der Waals surface area contributed by atoms with Crippen LogP contribution in [0.15, 0.2) is 0 Å². The Morgan fingerprint density at radius 3 is 1.59 bits per heavy atom. The highest BCUT2D eigenvalue weighted by atomic mass is 16.7. The molecule has 0 aliphatic heterocycles. The van der Waals surface area contributed by atoms with Gasteiger partial charge in [0, 0.05) is 26.6 Å². The second-order valence-corrected chi connectivity index (χ2v) is 3.17. The Balaban J connectivity index is 5.23. The highest BCUT2D eigenvalue weighted by molar-refractivity contribution is 4.74. The van der Waals surface area contributed by atoms with Crippen molar-refractivity contribution in [1.82, 2.24) is 0 Å². The van der Waals surface area contributed by atoms with E-state index in [4.69, 9.17) is 0 Å². The molecule has 0 heterocycles. The van der Waals surface area contributed by atoms with Gasteiger partial charge in [-0.1, -0.05) is 0 Å². The maximum atomic E-state index is 10.5. The van der Waals surface area contributed by atoms with E-state index in [1.165, 1.54) is 0 Å². The van der Waals surface area contributed by atoms with E-state index in [1.807, 2.05) is 0 Å². The van der Waals surface area contributed by atoms with Crippen LogP contribution in [-0.4, -0.2) is 44.4 Å². The van der Waals surface area contributed by atoms with Crippen molar-refractivity contribution in [2.45, 2.75) is 25.0 Å². The maximum absolute atomic E-state index is 10.5. The second-order valence-electron chi connectivity index (χ2n) is 3.17. The quantitative estimate of drug-likeness (QED) is 0.418. The monoisotopic (exact) mass is 252 g/mol. The van der Waals surface area contributed by atoms with Crippen LogP contribution in [0.2, 0.25) is 0 Å². The summed E-state index contributed by atoms with van der Waals surface area (Å²) in [6.07, 6.45) is 0. The SMILES string of the molecule is CC(C(C(C[N+](=O)[O-])[N+](=O)[O-])[N+](=O)[O-])[N+](=O)[O-]. The van der Waals surface area contributed by atoms with E-state index in [1.54, 1.807) is 0 Å². The molecule has 0 fully saturated rings. The summed E-state index contributed by atoms with van der Waals surface area (Å²) in [4.78, 5) is 36.9. The molecule has 0 N–H and O–H groups in total. The molecule has 0 bridgehead atoms. The molecular formula is C5H8N4O8. The molecule has 0 rings (SSSR count). The van der Waals surface area contributed by atoms with Crippen molar-refractivity contribution in [2.75, 3.05) is 6.54 Å². The minimum absolute atomic E-state index is 0.796. The van der Waals surface area contributed by atoms with Crippen molar-refractivity contribution in [3.05, 3.63) is 40.5 Å². The molecule has 0 radical (unpaired) electrons.